The molecule has 3 atom stereocenters. The van der Waals surface area contributed by atoms with Gasteiger partial charge in [-0.25, -0.2) is 0 Å². The number of likely N-dealkylation sites (tertiary alicyclic amines) is 1. The highest BCUT2D eigenvalue weighted by atomic mass is 32.2. The Morgan fingerprint density at radius 1 is 1.21 bits per heavy atom. The first-order valence-electron chi connectivity index (χ1n) is 11.4. The van der Waals surface area contributed by atoms with Crippen molar-refractivity contribution in [2.75, 3.05) is 46.3 Å². The number of esters is 1. The summed E-state index contributed by atoms with van der Waals surface area (Å²) in [6.45, 7) is 7.59. The Morgan fingerprint density at radius 2 is 1.97 bits per heavy atom. The molecule has 1 fully saturated rings. The van der Waals surface area contributed by atoms with Crippen molar-refractivity contribution in [1.82, 2.24) is 4.90 Å². The number of benzene rings is 1. The predicted octanol–water partition coefficient (Wildman–Crippen LogP) is 3.10. The van der Waals surface area contributed by atoms with Gasteiger partial charge in [0.2, 0.25) is 0 Å². The maximum Gasteiger partial charge on any atom is 0.323 e. The number of rotatable bonds is 10. The second-order valence-electron chi connectivity index (χ2n) is 9.30. The van der Waals surface area contributed by atoms with Crippen LogP contribution in [-0.4, -0.2) is 91.1 Å². The lowest BCUT2D eigenvalue weighted by Gasteiger charge is -2.29. The molecule has 0 unspecified atom stereocenters. The van der Waals surface area contributed by atoms with Crippen LogP contribution in [0.4, 0.5) is 0 Å². The van der Waals surface area contributed by atoms with Gasteiger partial charge in [0.25, 0.3) is 0 Å². The molecular formula is C24H36N2O6S. The topological polar surface area (TPSA) is 89.8 Å². The van der Waals surface area contributed by atoms with Gasteiger partial charge in [0.05, 0.1) is 25.9 Å². The quantitative estimate of drug-likeness (QED) is 0.404. The monoisotopic (exact) mass is 480 g/mol. The summed E-state index contributed by atoms with van der Waals surface area (Å²) in [6.07, 6.45) is 1.67. The van der Waals surface area contributed by atoms with E-state index in [-0.39, 0.29) is 29.8 Å². The highest BCUT2D eigenvalue weighted by Gasteiger charge is 2.42. The van der Waals surface area contributed by atoms with Gasteiger partial charge in [0, 0.05) is 30.5 Å². The van der Waals surface area contributed by atoms with Crippen molar-refractivity contribution in [3.05, 3.63) is 23.8 Å². The minimum Gasteiger partial charge on any atom is -0.507 e. The van der Waals surface area contributed by atoms with Crippen LogP contribution in [0.2, 0.25) is 0 Å². The number of phenols is 1. The van der Waals surface area contributed by atoms with Gasteiger partial charge in [0.15, 0.2) is 0 Å². The summed E-state index contributed by atoms with van der Waals surface area (Å²) in [5.41, 5.74) is 0.213. The first kappa shape index (κ1) is 25.8. The van der Waals surface area contributed by atoms with Crippen LogP contribution in [0.1, 0.15) is 39.2 Å². The van der Waals surface area contributed by atoms with Gasteiger partial charge in [-0.2, -0.15) is 0 Å². The van der Waals surface area contributed by atoms with E-state index in [1.54, 1.807) is 24.9 Å². The first-order valence-corrected chi connectivity index (χ1v) is 12.4. The molecule has 2 heterocycles. The fraction of sp³-hybridized carbons (Fsp3) is 0.667. The number of ether oxygens (including phenoxy) is 4. The fourth-order valence-corrected chi connectivity index (χ4v) is 5.23. The van der Waals surface area contributed by atoms with E-state index in [2.05, 4.69) is 4.90 Å². The Morgan fingerprint density at radius 3 is 2.67 bits per heavy atom. The van der Waals surface area contributed by atoms with Crippen molar-refractivity contribution in [2.24, 2.45) is 4.99 Å². The number of thioether (sulfide) groups is 1. The van der Waals surface area contributed by atoms with Crippen LogP contribution in [-0.2, 0) is 19.0 Å². The third kappa shape index (κ3) is 7.09. The number of aromatic hydroxyl groups is 1. The molecule has 33 heavy (non-hydrogen) atoms. The number of nitrogens with zero attached hydrogens (tertiary/aromatic N) is 2. The Bertz CT molecular complexity index is 841. The predicted molar refractivity (Wildman–Crippen MR) is 129 cm³/mol. The summed E-state index contributed by atoms with van der Waals surface area (Å²) in [5, 5.41) is 11.4. The van der Waals surface area contributed by atoms with Crippen LogP contribution in [0.3, 0.4) is 0 Å². The van der Waals surface area contributed by atoms with Crippen molar-refractivity contribution in [3.63, 3.8) is 0 Å². The number of methoxy groups -OCH3 is 1. The number of hydrogen-bond acceptors (Lipinski definition) is 9. The average Bonchev–Trinajstić information content (AvgIpc) is 3.36. The van der Waals surface area contributed by atoms with Crippen molar-refractivity contribution in [1.29, 1.82) is 0 Å². The molecule has 184 valence electrons. The number of phenolic OH excluding ortho intramolecular Hbond substituents is 1. The Kier molecular flexibility index (Phi) is 9.03. The van der Waals surface area contributed by atoms with Crippen LogP contribution in [0.5, 0.6) is 11.5 Å². The van der Waals surface area contributed by atoms with Crippen molar-refractivity contribution >= 4 is 22.8 Å². The van der Waals surface area contributed by atoms with Crippen LogP contribution >= 0.6 is 11.8 Å². The van der Waals surface area contributed by atoms with Crippen LogP contribution in [0.15, 0.2) is 23.2 Å². The molecule has 0 aliphatic carbocycles. The number of likely N-dealkylation sites (N-methyl/N-ethyl adjacent to an activating group) is 1. The standard InChI is InChI=1S/C24H36N2O6S/c1-24(2,3)32-23(28)20-9-8-19(26(20)4)18-15-33-22(25-18)17-7-6-16(14-21(17)27)31-13-12-30-11-10-29-5/h6-7,14,18-20,27H,8-13,15H2,1-5H3/t18-,19+,20+/m0/s1. The summed E-state index contributed by atoms with van der Waals surface area (Å²) in [4.78, 5) is 19.6. The summed E-state index contributed by atoms with van der Waals surface area (Å²) in [6, 6.07) is 5.30. The molecule has 0 bridgehead atoms. The van der Waals surface area contributed by atoms with E-state index >= 15 is 0 Å². The lowest BCUT2D eigenvalue weighted by molar-refractivity contribution is -0.160. The maximum absolute atomic E-state index is 12.6. The Balaban J connectivity index is 1.56. The van der Waals surface area contributed by atoms with E-state index < -0.39 is 5.60 Å². The second-order valence-corrected chi connectivity index (χ2v) is 10.3. The first-order chi connectivity index (χ1) is 15.7. The summed E-state index contributed by atoms with van der Waals surface area (Å²) in [5.74, 6) is 1.38. The molecule has 0 aromatic heterocycles. The van der Waals surface area contributed by atoms with Gasteiger partial charge >= 0.3 is 5.97 Å². The van der Waals surface area contributed by atoms with E-state index in [0.717, 1.165) is 23.6 Å². The number of hydrogen-bond donors (Lipinski definition) is 1. The van der Waals surface area contributed by atoms with E-state index in [9.17, 15) is 9.90 Å². The van der Waals surface area contributed by atoms with Gasteiger partial charge in [-0.1, -0.05) is 0 Å². The van der Waals surface area contributed by atoms with Gasteiger partial charge in [-0.3, -0.25) is 14.7 Å². The number of carbonyl (C=O) groups is 1. The minimum atomic E-state index is -0.491. The van der Waals surface area contributed by atoms with E-state index in [4.69, 9.17) is 23.9 Å². The molecule has 9 heteroatoms. The van der Waals surface area contributed by atoms with Crippen LogP contribution in [0, 0.1) is 0 Å². The highest BCUT2D eigenvalue weighted by Crippen LogP contribution is 2.36. The normalized spacial score (nSPS) is 23.5. The molecule has 0 amide bonds. The van der Waals surface area contributed by atoms with Crippen molar-refractivity contribution in [2.45, 2.75) is 57.3 Å². The molecule has 3 rings (SSSR count). The largest absolute Gasteiger partial charge is 0.507 e. The molecule has 2 aliphatic heterocycles. The molecule has 1 aromatic rings. The SMILES string of the molecule is COCCOCCOc1ccc(C2=N[C@H]([C@H]3CC[C@H](C(=O)OC(C)(C)C)N3C)CS2)c(O)c1. The van der Waals surface area contributed by atoms with Crippen molar-refractivity contribution in [3.8, 4) is 11.5 Å². The fourth-order valence-electron chi connectivity index (χ4n) is 4.06. The molecule has 2 aliphatic rings. The Labute approximate surface area is 200 Å². The van der Waals surface area contributed by atoms with E-state index in [0.29, 0.717) is 37.7 Å². The number of aliphatic imine (C=N–C) groups is 1. The molecular weight excluding hydrogens is 444 g/mol. The summed E-state index contributed by atoms with van der Waals surface area (Å²) < 4.78 is 21.5. The zero-order chi connectivity index (χ0) is 24.0. The maximum atomic E-state index is 12.6. The van der Waals surface area contributed by atoms with Gasteiger partial charge in [-0.05, 0) is 52.8 Å². The minimum absolute atomic E-state index is 0.0713. The zero-order valence-corrected chi connectivity index (χ0v) is 21.0. The van der Waals surface area contributed by atoms with Crippen LogP contribution < -0.4 is 4.74 Å². The van der Waals surface area contributed by atoms with Gasteiger partial charge in [0.1, 0.15) is 34.8 Å². The summed E-state index contributed by atoms with van der Waals surface area (Å²) in [7, 11) is 3.61. The van der Waals surface area contributed by atoms with E-state index in [1.807, 2.05) is 40.0 Å². The molecule has 0 radical (unpaired) electrons. The highest BCUT2D eigenvalue weighted by molar-refractivity contribution is 8.14. The van der Waals surface area contributed by atoms with Gasteiger partial charge in [-0.15, -0.1) is 11.8 Å². The average molecular weight is 481 g/mol. The van der Waals surface area contributed by atoms with Gasteiger partial charge < -0.3 is 24.1 Å². The molecule has 1 aromatic carbocycles. The number of carbonyl (C=O) groups excluding carboxylic acids is 1. The third-order valence-electron chi connectivity index (χ3n) is 5.68. The lowest BCUT2D eigenvalue weighted by atomic mass is 10.1. The molecule has 0 saturated carbocycles. The molecule has 8 nitrogen and oxygen atoms in total. The van der Waals surface area contributed by atoms with Crippen LogP contribution in [0.25, 0.3) is 0 Å². The Hall–Kier alpha value is -1.81. The molecule has 1 saturated heterocycles. The summed E-state index contributed by atoms with van der Waals surface area (Å²) >= 11 is 1.64. The van der Waals surface area contributed by atoms with E-state index in [1.165, 1.54) is 0 Å². The molecule has 0 spiro atoms. The smallest absolute Gasteiger partial charge is 0.323 e. The second kappa shape index (κ2) is 11.6. The van der Waals surface area contributed by atoms with Crippen molar-refractivity contribution < 1.29 is 28.8 Å². The third-order valence-corrected chi connectivity index (χ3v) is 6.78. The lowest BCUT2D eigenvalue weighted by Crippen LogP contribution is -2.44. The zero-order valence-electron chi connectivity index (χ0n) is 20.2. The molecule has 1 N–H and O–H groups in total.